The van der Waals surface area contributed by atoms with Gasteiger partial charge in [0.05, 0.1) is 0 Å². The van der Waals surface area contributed by atoms with Crippen LogP contribution in [0.5, 0.6) is 0 Å². The molecule has 0 aliphatic rings. The average molecular weight is 302 g/mol. The molecular weight excluding hydrogens is 281 g/mol. The summed E-state index contributed by atoms with van der Waals surface area (Å²) in [5, 5.41) is 0. The number of halogens is 2. The minimum absolute atomic E-state index is 0.189. The summed E-state index contributed by atoms with van der Waals surface area (Å²) < 4.78 is 14.1. The van der Waals surface area contributed by atoms with Crippen molar-refractivity contribution in [2.24, 2.45) is 5.41 Å². The monoisotopic (exact) mass is 301 g/mol. The smallest absolute Gasteiger partial charge is 0.124 e. The van der Waals surface area contributed by atoms with Crippen LogP contribution < -0.4 is 0 Å². The molecule has 0 saturated carbocycles. The molecule has 1 unspecified atom stereocenters. The van der Waals surface area contributed by atoms with Gasteiger partial charge in [-0.3, -0.25) is 4.90 Å². The Morgan fingerprint density at radius 3 is 2.35 bits per heavy atom. The second kappa shape index (κ2) is 5.49. The van der Waals surface area contributed by atoms with E-state index in [0.717, 1.165) is 16.6 Å². The summed E-state index contributed by atoms with van der Waals surface area (Å²) in [7, 11) is 2.08. The molecule has 0 aromatic heterocycles. The zero-order valence-corrected chi connectivity index (χ0v) is 12.8. The molecule has 0 radical (unpaired) electrons. The third-order valence-corrected chi connectivity index (χ3v) is 3.73. The number of hydrogen-bond acceptors (Lipinski definition) is 1. The molecule has 0 aliphatic heterocycles. The van der Waals surface area contributed by atoms with Crippen LogP contribution in [-0.2, 0) is 6.54 Å². The molecule has 0 heterocycles. The van der Waals surface area contributed by atoms with E-state index in [-0.39, 0.29) is 11.2 Å². The Hall–Kier alpha value is -0.410. The van der Waals surface area contributed by atoms with Gasteiger partial charge in [0.1, 0.15) is 5.82 Å². The Morgan fingerprint density at radius 1 is 1.29 bits per heavy atom. The quantitative estimate of drug-likeness (QED) is 0.797. The fraction of sp³-hybridized carbons (Fsp3) is 0.571. The lowest BCUT2D eigenvalue weighted by Crippen LogP contribution is -2.38. The van der Waals surface area contributed by atoms with E-state index in [9.17, 15) is 4.39 Å². The Bertz CT molecular complexity index is 364. The second-order valence-corrected chi connectivity index (χ2v) is 6.65. The molecule has 0 fully saturated rings. The van der Waals surface area contributed by atoms with E-state index in [1.165, 1.54) is 6.07 Å². The van der Waals surface area contributed by atoms with Gasteiger partial charge < -0.3 is 0 Å². The number of hydrogen-bond donors (Lipinski definition) is 0. The van der Waals surface area contributed by atoms with E-state index in [1.54, 1.807) is 6.07 Å². The second-order valence-electron chi connectivity index (χ2n) is 5.73. The molecule has 1 aromatic rings. The van der Waals surface area contributed by atoms with Gasteiger partial charge in [-0.2, -0.15) is 0 Å². The predicted molar refractivity (Wildman–Crippen MR) is 74.5 cm³/mol. The third-order valence-electron chi connectivity index (χ3n) is 3.27. The zero-order valence-electron chi connectivity index (χ0n) is 11.2. The van der Waals surface area contributed by atoms with Crippen LogP contribution in [0.2, 0.25) is 0 Å². The summed E-state index contributed by atoms with van der Waals surface area (Å²) in [5.74, 6) is -0.189. The van der Waals surface area contributed by atoms with Gasteiger partial charge in [0.15, 0.2) is 0 Å². The normalized spacial score (nSPS) is 14.1. The minimum Gasteiger partial charge on any atom is -0.299 e. The van der Waals surface area contributed by atoms with Crippen LogP contribution >= 0.6 is 15.9 Å². The highest BCUT2D eigenvalue weighted by atomic mass is 79.9. The molecule has 1 rings (SSSR count). The van der Waals surface area contributed by atoms with Crippen molar-refractivity contribution in [3.63, 3.8) is 0 Å². The first kappa shape index (κ1) is 14.7. The minimum atomic E-state index is -0.189. The van der Waals surface area contributed by atoms with Crippen LogP contribution in [-0.4, -0.2) is 18.0 Å². The van der Waals surface area contributed by atoms with Crippen molar-refractivity contribution in [1.82, 2.24) is 4.90 Å². The lowest BCUT2D eigenvalue weighted by atomic mass is 9.87. The lowest BCUT2D eigenvalue weighted by molar-refractivity contribution is 0.134. The van der Waals surface area contributed by atoms with Crippen LogP contribution in [0, 0.1) is 11.2 Å². The van der Waals surface area contributed by atoms with Crippen LogP contribution in [0.1, 0.15) is 33.3 Å². The SMILES string of the molecule is CC(N(C)Cc1cc(F)cc(Br)c1)C(C)(C)C. The Balaban J connectivity index is 2.77. The Morgan fingerprint density at radius 2 is 1.88 bits per heavy atom. The Kier molecular flexibility index (Phi) is 4.73. The first-order chi connectivity index (χ1) is 7.70. The standard InChI is InChI=1S/C14H21BrFN/c1-10(14(2,3)4)17(5)9-11-6-12(15)8-13(16)7-11/h6-8,10H,9H2,1-5H3. The van der Waals surface area contributed by atoms with Gasteiger partial charge in [-0.25, -0.2) is 4.39 Å². The van der Waals surface area contributed by atoms with Crippen molar-refractivity contribution < 1.29 is 4.39 Å². The maximum atomic E-state index is 13.3. The molecule has 1 aromatic carbocycles. The fourth-order valence-electron chi connectivity index (χ4n) is 1.79. The molecule has 1 atom stereocenters. The molecule has 1 nitrogen and oxygen atoms in total. The molecule has 0 saturated heterocycles. The van der Waals surface area contributed by atoms with Crippen LogP contribution in [0.4, 0.5) is 4.39 Å². The molecule has 0 spiro atoms. The van der Waals surface area contributed by atoms with Crippen molar-refractivity contribution in [2.45, 2.75) is 40.3 Å². The highest BCUT2D eigenvalue weighted by Crippen LogP contribution is 2.25. The van der Waals surface area contributed by atoms with Crippen molar-refractivity contribution >= 4 is 15.9 Å². The van der Waals surface area contributed by atoms with Crippen LogP contribution in [0.3, 0.4) is 0 Å². The Labute approximate surface area is 112 Å². The van der Waals surface area contributed by atoms with E-state index >= 15 is 0 Å². The predicted octanol–water partition coefficient (Wildman–Crippen LogP) is 4.45. The molecule has 0 bridgehead atoms. The van der Waals surface area contributed by atoms with Gasteiger partial charge in [0, 0.05) is 17.1 Å². The van der Waals surface area contributed by atoms with Crippen molar-refractivity contribution in [2.75, 3.05) is 7.05 Å². The summed E-state index contributed by atoms with van der Waals surface area (Å²) in [6.07, 6.45) is 0. The van der Waals surface area contributed by atoms with E-state index in [2.05, 4.69) is 55.6 Å². The number of benzene rings is 1. The number of rotatable bonds is 3. The molecule has 0 aliphatic carbocycles. The average Bonchev–Trinajstić information content (AvgIpc) is 2.13. The number of nitrogens with zero attached hydrogens (tertiary/aromatic N) is 1. The first-order valence-corrected chi connectivity index (χ1v) is 6.64. The maximum Gasteiger partial charge on any atom is 0.124 e. The van der Waals surface area contributed by atoms with Gasteiger partial charge >= 0.3 is 0 Å². The van der Waals surface area contributed by atoms with Crippen molar-refractivity contribution in [3.8, 4) is 0 Å². The van der Waals surface area contributed by atoms with Gasteiger partial charge in [-0.05, 0) is 43.1 Å². The summed E-state index contributed by atoms with van der Waals surface area (Å²) in [4.78, 5) is 2.25. The topological polar surface area (TPSA) is 3.24 Å². The van der Waals surface area contributed by atoms with E-state index in [1.807, 2.05) is 6.07 Å². The van der Waals surface area contributed by atoms with Gasteiger partial charge in [0.2, 0.25) is 0 Å². The largest absolute Gasteiger partial charge is 0.299 e. The summed E-state index contributed by atoms with van der Waals surface area (Å²) >= 11 is 3.32. The van der Waals surface area contributed by atoms with E-state index < -0.39 is 0 Å². The lowest BCUT2D eigenvalue weighted by Gasteiger charge is -2.35. The molecular formula is C14H21BrFN. The maximum absolute atomic E-state index is 13.3. The first-order valence-electron chi connectivity index (χ1n) is 5.85. The van der Waals surface area contributed by atoms with Crippen molar-refractivity contribution in [3.05, 3.63) is 34.1 Å². The van der Waals surface area contributed by atoms with Crippen LogP contribution in [0.25, 0.3) is 0 Å². The summed E-state index contributed by atoms with van der Waals surface area (Å²) in [6.45, 7) is 9.62. The molecule has 0 amide bonds. The summed E-state index contributed by atoms with van der Waals surface area (Å²) in [5.41, 5.74) is 1.22. The third kappa shape index (κ3) is 4.40. The molecule has 96 valence electrons. The summed E-state index contributed by atoms with van der Waals surface area (Å²) in [6, 6.07) is 5.48. The van der Waals surface area contributed by atoms with Gasteiger partial charge in [-0.15, -0.1) is 0 Å². The van der Waals surface area contributed by atoms with Crippen molar-refractivity contribution in [1.29, 1.82) is 0 Å². The molecule has 17 heavy (non-hydrogen) atoms. The van der Waals surface area contributed by atoms with E-state index in [4.69, 9.17) is 0 Å². The highest BCUT2D eigenvalue weighted by Gasteiger charge is 2.23. The molecule has 3 heteroatoms. The fourth-order valence-corrected chi connectivity index (χ4v) is 2.30. The van der Waals surface area contributed by atoms with Crippen LogP contribution in [0.15, 0.2) is 22.7 Å². The van der Waals surface area contributed by atoms with E-state index in [0.29, 0.717) is 6.04 Å². The van der Waals surface area contributed by atoms with Gasteiger partial charge in [0.25, 0.3) is 0 Å². The highest BCUT2D eigenvalue weighted by molar-refractivity contribution is 9.10. The van der Waals surface area contributed by atoms with Gasteiger partial charge in [-0.1, -0.05) is 36.7 Å². The molecule has 0 N–H and O–H groups in total. The zero-order chi connectivity index (χ0) is 13.2.